The summed E-state index contributed by atoms with van der Waals surface area (Å²) >= 11 is 5.92. The van der Waals surface area contributed by atoms with E-state index in [1.807, 2.05) is 0 Å². The van der Waals surface area contributed by atoms with Crippen LogP contribution in [0, 0.1) is 10.1 Å². The number of nitrogens with zero attached hydrogens (tertiary/aromatic N) is 2. The second-order valence-electron chi connectivity index (χ2n) is 4.89. The average Bonchev–Trinajstić information content (AvgIpc) is 2.46. The van der Waals surface area contributed by atoms with Crippen molar-refractivity contribution in [2.24, 2.45) is 0 Å². The van der Waals surface area contributed by atoms with Gasteiger partial charge < -0.3 is 5.32 Å². The van der Waals surface area contributed by atoms with Crippen LogP contribution in [0.2, 0.25) is 5.02 Å². The number of non-ortho nitro benzene ring substituents is 1. The second kappa shape index (κ2) is 6.27. The fourth-order valence-corrected chi connectivity index (χ4v) is 4.20. The fourth-order valence-electron chi connectivity index (χ4n) is 2.31. The molecule has 0 radical (unpaired) electrons. The molecule has 9 heteroatoms. The van der Waals surface area contributed by atoms with Crippen LogP contribution >= 0.6 is 11.6 Å². The van der Waals surface area contributed by atoms with Gasteiger partial charge in [0.25, 0.3) is 5.69 Å². The molecule has 0 spiro atoms. The quantitative estimate of drug-likeness (QED) is 0.667. The van der Waals surface area contributed by atoms with Crippen LogP contribution < -0.4 is 5.32 Å². The van der Waals surface area contributed by atoms with E-state index >= 15 is 0 Å². The van der Waals surface area contributed by atoms with Gasteiger partial charge in [0.1, 0.15) is 4.90 Å². The molecule has 21 heavy (non-hydrogen) atoms. The molecule has 0 aromatic heterocycles. The zero-order valence-corrected chi connectivity index (χ0v) is 13.0. The van der Waals surface area contributed by atoms with Crippen LogP contribution in [0.3, 0.4) is 0 Å². The van der Waals surface area contributed by atoms with E-state index in [0.717, 1.165) is 31.5 Å². The average molecular weight is 334 g/mol. The van der Waals surface area contributed by atoms with E-state index in [0.29, 0.717) is 6.54 Å². The number of halogens is 1. The van der Waals surface area contributed by atoms with Crippen LogP contribution in [0.15, 0.2) is 23.1 Å². The molecular weight excluding hydrogens is 318 g/mol. The van der Waals surface area contributed by atoms with Gasteiger partial charge in [0.05, 0.1) is 9.95 Å². The van der Waals surface area contributed by atoms with Crippen molar-refractivity contribution < 1.29 is 13.3 Å². The van der Waals surface area contributed by atoms with Crippen LogP contribution in [0.4, 0.5) is 5.69 Å². The number of likely N-dealkylation sites (N-methyl/N-ethyl adjacent to an activating group) is 1. The lowest BCUT2D eigenvalue weighted by molar-refractivity contribution is -0.384. The molecule has 0 saturated carbocycles. The van der Waals surface area contributed by atoms with E-state index in [1.54, 1.807) is 0 Å². The molecule has 116 valence electrons. The summed E-state index contributed by atoms with van der Waals surface area (Å²) in [5, 5.41) is 13.7. The topological polar surface area (TPSA) is 92.6 Å². The Balaban J connectivity index is 2.32. The summed E-state index contributed by atoms with van der Waals surface area (Å²) in [7, 11) is -2.27. The van der Waals surface area contributed by atoms with E-state index in [1.165, 1.54) is 17.4 Å². The predicted octanol–water partition coefficient (Wildman–Crippen LogP) is 1.62. The van der Waals surface area contributed by atoms with Crippen LogP contribution in [0.1, 0.15) is 12.8 Å². The normalized spacial score (nSPS) is 19.7. The number of sulfonamides is 1. The summed E-state index contributed by atoms with van der Waals surface area (Å²) < 4.78 is 26.4. The summed E-state index contributed by atoms with van der Waals surface area (Å²) in [6.45, 7) is 1.46. The van der Waals surface area contributed by atoms with E-state index in [9.17, 15) is 18.5 Å². The van der Waals surface area contributed by atoms with Gasteiger partial charge in [-0.15, -0.1) is 0 Å². The summed E-state index contributed by atoms with van der Waals surface area (Å²) in [6, 6.07) is 3.24. The van der Waals surface area contributed by atoms with E-state index < -0.39 is 14.9 Å². The molecule has 2 rings (SSSR count). The van der Waals surface area contributed by atoms with Gasteiger partial charge in [-0.05, 0) is 25.5 Å². The summed E-state index contributed by atoms with van der Waals surface area (Å²) in [5.74, 6) is 0. The highest BCUT2D eigenvalue weighted by Gasteiger charge is 2.31. The van der Waals surface area contributed by atoms with Gasteiger partial charge in [0.15, 0.2) is 0 Å². The third-order valence-electron chi connectivity index (χ3n) is 3.57. The third kappa shape index (κ3) is 3.34. The molecule has 1 heterocycles. The zero-order valence-electron chi connectivity index (χ0n) is 11.5. The van der Waals surface area contributed by atoms with Gasteiger partial charge in [-0.25, -0.2) is 8.42 Å². The van der Waals surface area contributed by atoms with Crippen molar-refractivity contribution in [2.45, 2.75) is 23.8 Å². The van der Waals surface area contributed by atoms with Gasteiger partial charge >= 0.3 is 0 Å². The standard InChI is InChI=1S/C12H16ClN3O4S/c1-15(10-3-2-6-14-8-10)21(19,20)12-5-4-9(16(17)18)7-11(12)13/h4-5,7,10,14H,2-3,6,8H2,1H3. The fraction of sp³-hybridized carbons (Fsp3) is 0.500. The highest BCUT2D eigenvalue weighted by Crippen LogP contribution is 2.29. The van der Waals surface area contributed by atoms with E-state index in [2.05, 4.69) is 5.32 Å². The Morgan fingerprint density at radius 3 is 2.71 bits per heavy atom. The molecule has 0 bridgehead atoms. The number of nitro groups is 1. The lowest BCUT2D eigenvalue weighted by Gasteiger charge is -2.31. The molecule has 7 nitrogen and oxygen atoms in total. The molecule has 1 aliphatic heterocycles. The summed E-state index contributed by atoms with van der Waals surface area (Å²) in [6.07, 6.45) is 1.67. The molecule has 1 N–H and O–H groups in total. The van der Waals surface area contributed by atoms with Crippen LogP contribution in [-0.4, -0.2) is 43.8 Å². The minimum atomic E-state index is -3.77. The number of nitro benzene ring substituents is 1. The van der Waals surface area contributed by atoms with Crippen molar-refractivity contribution >= 4 is 27.3 Å². The number of hydrogen-bond donors (Lipinski definition) is 1. The van der Waals surface area contributed by atoms with E-state index in [4.69, 9.17) is 11.6 Å². The van der Waals surface area contributed by atoms with Crippen LogP contribution in [0.25, 0.3) is 0 Å². The lowest BCUT2D eigenvalue weighted by atomic mass is 10.1. The second-order valence-corrected chi connectivity index (χ2v) is 7.27. The summed E-state index contributed by atoms with van der Waals surface area (Å²) in [4.78, 5) is 9.95. The molecule has 1 aromatic rings. The Labute approximate surface area is 128 Å². The minimum absolute atomic E-state index is 0.108. The maximum Gasteiger partial charge on any atom is 0.271 e. The highest BCUT2D eigenvalue weighted by molar-refractivity contribution is 7.89. The molecule has 1 atom stereocenters. The van der Waals surface area contributed by atoms with Gasteiger partial charge in [0.2, 0.25) is 10.0 Å². The van der Waals surface area contributed by atoms with Crippen molar-refractivity contribution in [3.05, 3.63) is 33.3 Å². The number of piperidine rings is 1. The molecular formula is C12H16ClN3O4S. The maximum atomic E-state index is 12.6. The Morgan fingerprint density at radius 2 is 2.19 bits per heavy atom. The van der Waals surface area contributed by atoms with Gasteiger partial charge in [-0.3, -0.25) is 10.1 Å². The van der Waals surface area contributed by atoms with Gasteiger partial charge in [-0.2, -0.15) is 4.31 Å². The molecule has 1 aliphatic rings. The number of rotatable bonds is 4. The first-order chi connectivity index (χ1) is 9.84. The summed E-state index contributed by atoms with van der Waals surface area (Å²) in [5.41, 5.74) is -0.235. The molecule has 1 unspecified atom stereocenters. The molecule has 1 saturated heterocycles. The monoisotopic (exact) mass is 333 g/mol. The number of nitrogens with one attached hydrogen (secondary N) is 1. The highest BCUT2D eigenvalue weighted by atomic mass is 35.5. The Hall–Kier alpha value is -1.22. The van der Waals surface area contributed by atoms with E-state index in [-0.39, 0.29) is 21.6 Å². The molecule has 0 amide bonds. The van der Waals surface area contributed by atoms with Crippen molar-refractivity contribution in [1.29, 1.82) is 0 Å². The SMILES string of the molecule is CN(C1CCCNC1)S(=O)(=O)c1ccc([N+](=O)[O-])cc1Cl. The molecule has 1 fully saturated rings. The predicted molar refractivity (Wildman–Crippen MR) is 78.9 cm³/mol. The lowest BCUT2D eigenvalue weighted by Crippen LogP contribution is -2.46. The largest absolute Gasteiger partial charge is 0.315 e. The first-order valence-electron chi connectivity index (χ1n) is 6.46. The zero-order chi connectivity index (χ0) is 15.6. The number of hydrogen-bond acceptors (Lipinski definition) is 5. The van der Waals surface area contributed by atoms with Crippen molar-refractivity contribution in [2.75, 3.05) is 20.1 Å². The molecule has 0 aliphatic carbocycles. The Morgan fingerprint density at radius 1 is 1.48 bits per heavy atom. The van der Waals surface area contributed by atoms with Gasteiger partial charge in [0, 0.05) is 31.8 Å². The first kappa shape index (κ1) is 16.2. The van der Waals surface area contributed by atoms with Crippen molar-refractivity contribution in [3.8, 4) is 0 Å². The van der Waals surface area contributed by atoms with Crippen LogP contribution in [-0.2, 0) is 10.0 Å². The third-order valence-corrected chi connectivity index (χ3v) is 5.96. The molecule has 1 aromatic carbocycles. The van der Waals surface area contributed by atoms with Gasteiger partial charge in [-0.1, -0.05) is 11.6 Å². The first-order valence-corrected chi connectivity index (χ1v) is 8.28. The number of benzene rings is 1. The van der Waals surface area contributed by atoms with Crippen LogP contribution in [0.5, 0.6) is 0 Å². The Bertz CT molecular complexity index is 644. The Kier molecular flexibility index (Phi) is 4.82. The van der Waals surface area contributed by atoms with Crippen molar-refractivity contribution in [3.63, 3.8) is 0 Å². The smallest absolute Gasteiger partial charge is 0.271 e. The maximum absolute atomic E-state index is 12.6. The van der Waals surface area contributed by atoms with Crippen molar-refractivity contribution in [1.82, 2.24) is 9.62 Å². The minimum Gasteiger partial charge on any atom is -0.315 e.